The number of pyridine rings is 1. The van der Waals surface area contributed by atoms with Gasteiger partial charge in [0.25, 0.3) is 10.0 Å². The Morgan fingerprint density at radius 2 is 1.73 bits per heavy atom. The van der Waals surface area contributed by atoms with Gasteiger partial charge in [0, 0.05) is 49.2 Å². The van der Waals surface area contributed by atoms with Crippen LogP contribution in [0, 0.1) is 12.7 Å². The first-order valence-electron chi connectivity index (χ1n) is 13.2. The van der Waals surface area contributed by atoms with E-state index in [9.17, 15) is 13.2 Å². The third kappa shape index (κ3) is 5.15. The third-order valence-electron chi connectivity index (χ3n) is 6.96. The number of benzene rings is 2. The van der Waals surface area contributed by atoms with Crippen molar-refractivity contribution in [3.63, 3.8) is 0 Å². The number of nitrogens with zero attached hydrogens (tertiary/aromatic N) is 4. The van der Waals surface area contributed by atoms with Crippen LogP contribution in [0.2, 0.25) is 0 Å². The number of ether oxygens (including phenoxy) is 1. The molecule has 1 amide bonds. The summed E-state index contributed by atoms with van der Waals surface area (Å²) in [5, 5.41) is 0.529. The highest BCUT2D eigenvalue weighted by Crippen LogP contribution is 2.39. The molecule has 1 atom stereocenters. The second-order valence-corrected chi connectivity index (χ2v) is 12.9. The quantitative estimate of drug-likeness (QED) is 0.310. The Morgan fingerprint density at radius 3 is 2.38 bits per heavy atom. The normalized spacial score (nSPS) is 16.4. The molecule has 0 spiro atoms. The maximum Gasteiger partial charge on any atom is 0.410 e. The minimum Gasteiger partial charge on any atom is -0.444 e. The number of aryl methyl sites for hydroxylation is 1. The summed E-state index contributed by atoms with van der Waals surface area (Å²) in [7, 11) is -4.00. The van der Waals surface area contributed by atoms with Crippen molar-refractivity contribution in [3.05, 3.63) is 78.4 Å². The van der Waals surface area contributed by atoms with Crippen molar-refractivity contribution < 1.29 is 22.3 Å². The Morgan fingerprint density at radius 1 is 1.02 bits per heavy atom. The lowest BCUT2D eigenvalue weighted by Crippen LogP contribution is -2.54. The molecular formula is C30H33FN4O4S. The van der Waals surface area contributed by atoms with Gasteiger partial charge in [-0.05, 0) is 58.9 Å². The number of halogens is 1. The first-order valence-corrected chi connectivity index (χ1v) is 14.6. The number of carbonyl (C=O) groups is 1. The van der Waals surface area contributed by atoms with Gasteiger partial charge in [-0.3, -0.25) is 0 Å². The van der Waals surface area contributed by atoms with Crippen LogP contribution in [0.4, 0.5) is 15.0 Å². The molecule has 1 unspecified atom stereocenters. The third-order valence-corrected chi connectivity index (χ3v) is 8.64. The van der Waals surface area contributed by atoms with Gasteiger partial charge in [-0.25, -0.2) is 26.6 Å². The standard InChI is InChI=1S/C30H33FN4O4S/c1-20-10-12-22(13-11-20)40(37,38)35-19-24(23-8-6-7-9-25(23)31)27-26(35)14-15-32-28(27)34-17-16-33(18-21(34)2)29(36)39-30(3,4)5/h6-15,19,21H,16-18H2,1-5H3. The summed E-state index contributed by atoms with van der Waals surface area (Å²) in [6, 6.07) is 14.4. The summed E-state index contributed by atoms with van der Waals surface area (Å²) in [5.41, 5.74) is 1.43. The highest BCUT2D eigenvalue weighted by atomic mass is 32.2. The summed E-state index contributed by atoms with van der Waals surface area (Å²) in [4.78, 5) is 21.2. The Labute approximate surface area is 234 Å². The van der Waals surface area contributed by atoms with Gasteiger partial charge in [0.15, 0.2) is 0 Å². The molecule has 0 radical (unpaired) electrons. The largest absolute Gasteiger partial charge is 0.444 e. The van der Waals surface area contributed by atoms with E-state index in [0.29, 0.717) is 41.9 Å². The lowest BCUT2D eigenvalue weighted by molar-refractivity contribution is 0.0218. The van der Waals surface area contributed by atoms with E-state index in [-0.39, 0.29) is 22.6 Å². The van der Waals surface area contributed by atoms with E-state index in [1.54, 1.807) is 59.6 Å². The molecule has 1 fully saturated rings. The van der Waals surface area contributed by atoms with Crippen LogP contribution in [0.15, 0.2) is 71.9 Å². The number of amides is 1. The average molecular weight is 565 g/mol. The van der Waals surface area contributed by atoms with Gasteiger partial charge in [0.2, 0.25) is 0 Å². The topological polar surface area (TPSA) is 84.7 Å². The number of hydrogen-bond acceptors (Lipinski definition) is 6. The lowest BCUT2D eigenvalue weighted by Gasteiger charge is -2.41. The van der Waals surface area contributed by atoms with Crippen LogP contribution in [0.5, 0.6) is 0 Å². The lowest BCUT2D eigenvalue weighted by atomic mass is 10.0. The van der Waals surface area contributed by atoms with Crippen LogP contribution in [0.3, 0.4) is 0 Å². The number of piperazine rings is 1. The van der Waals surface area contributed by atoms with E-state index >= 15 is 4.39 Å². The van der Waals surface area contributed by atoms with Crippen LogP contribution in [-0.4, -0.2) is 59.6 Å². The number of anilines is 1. The molecule has 0 saturated carbocycles. The molecular weight excluding hydrogens is 531 g/mol. The first-order chi connectivity index (χ1) is 18.9. The predicted octanol–water partition coefficient (Wildman–Crippen LogP) is 5.83. The summed E-state index contributed by atoms with van der Waals surface area (Å²) in [6.45, 7) is 10.6. The number of rotatable bonds is 4. The summed E-state index contributed by atoms with van der Waals surface area (Å²) < 4.78 is 49.6. The minimum atomic E-state index is -4.00. The Bertz CT molecular complexity index is 1680. The Balaban J connectivity index is 1.63. The average Bonchev–Trinajstić information content (AvgIpc) is 3.29. The van der Waals surface area contributed by atoms with Gasteiger partial charge in [-0.15, -0.1) is 0 Å². The van der Waals surface area contributed by atoms with Crippen molar-refractivity contribution in [1.82, 2.24) is 13.9 Å². The second-order valence-electron chi connectivity index (χ2n) is 11.1. The second kappa shape index (κ2) is 10.2. The van der Waals surface area contributed by atoms with Crippen molar-refractivity contribution in [2.75, 3.05) is 24.5 Å². The van der Waals surface area contributed by atoms with E-state index in [2.05, 4.69) is 4.98 Å². The van der Waals surface area contributed by atoms with Crippen molar-refractivity contribution >= 4 is 32.8 Å². The van der Waals surface area contributed by atoms with Crippen LogP contribution >= 0.6 is 0 Å². The molecule has 4 aromatic rings. The van der Waals surface area contributed by atoms with E-state index in [4.69, 9.17) is 4.74 Å². The molecule has 1 aliphatic heterocycles. The molecule has 0 bridgehead atoms. The van der Waals surface area contributed by atoms with Gasteiger partial charge >= 0.3 is 6.09 Å². The molecule has 1 saturated heterocycles. The highest BCUT2D eigenvalue weighted by Gasteiger charge is 2.33. The number of aromatic nitrogens is 2. The zero-order valence-electron chi connectivity index (χ0n) is 23.3. The van der Waals surface area contributed by atoms with Crippen LogP contribution in [0.1, 0.15) is 33.3 Å². The fourth-order valence-electron chi connectivity index (χ4n) is 5.02. The van der Waals surface area contributed by atoms with Crippen LogP contribution in [0.25, 0.3) is 22.0 Å². The molecule has 10 heteroatoms. The highest BCUT2D eigenvalue weighted by molar-refractivity contribution is 7.90. The summed E-state index contributed by atoms with van der Waals surface area (Å²) >= 11 is 0. The van der Waals surface area contributed by atoms with Crippen molar-refractivity contribution in [1.29, 1.82) is 0 Å². The predicted molar refractivity (Wildman–Crippen MR) is 154 cm³/mol. The number of carbonyl (C=O) groups excluding carboxylic acids is 1. The Hall–Kier alpha value is -3.92. The monoisotopic (exact) mass is 564 g/mol. The smallest absolute Gasteiger partial charge is 0.410 e. The molecule has 210 valence electrons. The fraction of sp³-hybridized carbons (Fsp3) is 0.333. The molecule has 40 heavy (non-hydrogen) atoms. The molecule has 5 rings (SSSR count). The minimum absolute atomic E-state index is 0.132. The maximum atomic E-state index is 15.2. The molecule has 2 aromatic heterocycles. The number of hydrogen-bond donors (Lipinski definition) is 0. The molecule has 0 aliphatic carbocycles. The van der Waals surface area contributed by atoms with Gasteiger partial charge in [-0.1, -0.05) is 35.9 Å². The number of fused-ring (bicyclic) bond motifs is 1. The van der Waals surface area contributed by atoms with E-state index in [1.165, 1.54) is 16.2 Å². The summed E-state index contributed by atoms with van der Waals surface area (Å²) in [5.74, 6) is 0.0665. The zero-order chi connectivity index (χ0) is 28.8. The SMILES string of the molecule is Cc1ccc(S(=O)(=O)n2cc(-c3ccccc3F)c3c(N4CCN(C(=O)OC(C)(C)C)CC4C)nccc32)cc1. The van der Waals surface area contributed by atoms with Gasteiger partial charge in [0.05, 0.1) is 15.8 Å². The van der Waals surface area contributed by atoms with Crippen LogP contribution < -0.4 is 4.90 Å². The fourth-order valence-corrected chi connectivity index (χ4v) is 6.39. The molecule has 0 N–H and O–H groups in total. The summed E-state index contributed by atoms with van der Waals surface area (Å²) in [6.07, 6.45) is 2.66. The van der Waals surface area contributed by atoms with Gasteiger partial charge in [0.1, 0.15) is 17.2 Å². The molecule has 2 aromatic carbocycles. The van der Waals surface area contributed by atoms with Crippen molar-refractivity contribution in [3.8, 4) is 11.1 Å². The van der Waals surface area contributed by atoms with Gasteiger partial charge in [-0.2, -0.15) is 0 Å². The maximum absolute atomic E-state index is 15.2. The van der Waals surface area contributed by atoms with Gasteiger partial charge < -0.3 is 14.5 Å². The van der Waals surface area contributed by atoms with E-state index in [0.717, 1.165) is 5.56 Å². The molecule has 8 nitrogen and oxygen atoms in total. The first kappa shape index (κ1) is 27.6. The molecule has 1 aliphatic rings. The van der Waals surface area contributed by atoms with Crippen LogP contribution in [-0.2, 0) is 14.8 Å². The zero-order valence-corrected chi connectivity index (χ0v) is 24.1. The Kier molecular flexibility index (Phi) is 7.08. The van der Waals surface area contributed by atoms with E-state index in [1.807, 2.05) is 39.5 Å². The molecule has 3 heterocycles. The van der Waals surface area contributed by atoms with E-state index < -0.39 is 21.4 Å². The van der Waals surface area contributed by atoms with Crippen molar-refractivity contribution in [2.45, 2.75) is 51.2 Å². The van der Waals surface area contributed by atoms with Crippen molar-refractivity contribution in [2.24, 2.45) is 0 Å².